The highest BCUT2D eigenvalue weighted by Gasteiger charge is 2.39. The molecule has 0 aromatic carbocycles. The lowest BCUT2D eigenvalue weighted by molar-refractivity contribution is -0.143. The average molecular weight is 268 g/mol. The number of carbonyl (C=O) groups is 1. The van der Waals surface area contributed by atoms with Crippen LogP contribution in [-0.2, 0) is 14.3 Å². The van der Waals surface area contributed by atoms with Crippen LogP contribution in [-0.4, -0.2) is 24.3 Å². The molecule has 0 aliphatic carbocycles. The fourth-order valence-electron chi connectivity index (χ4n) is 2.53. The summed E-state index contributed by atoms with van der Waals surface area (Å²) in [6.07, 6.45) is 12.8. The van der Waals surface area contributed by atoms with Crippen molar-refractivity contribution in [2.24, 2.45) is 0 Å². The van der Waals surface area contributed by atoms with Gasteiger partial charge in [-0.15, -0.1) is 0 Å². The standard InChI is InChI=1S/C16H28O3/c1-4-5-6-7-8-9-11-14-15(12-10-13-17)19-16(2,3)18-14/h10,12-15H,4-9,11H2,1-3H3/b12-10+/t14-,15-/m1/s1. The zero-order chi connectivity index (χ0) is 14.1. The lowest BCUT2D eigenvalue weighted by Gasteiger charge is -2.16. The minimum absolute atomic E-state index is 0.0809. The van der Waals surface area contributed by atoms with Crippen molar-refractivity contribution in [2.45, 2.75) is 83.7 Å². The first-order valence-corrected chi connectivity index (χ1v) is 7.56. The Balaban J connectivity index is 2.29. The van der Waals surface area contributed by atoms with Crippen LogP contribution in [0.2, 0.25) is 0 Å². The maximum absolute atomic E-state index is 10.4. The molecule has 0 saturated carbocycles. The lowest BCUT2D eigenvalue weighted by Crippen LogP contribution is -2.21. The molecule has 0 unspecified atom stereocenters. The number of aldehydes is 1. The first-order valence-electron chi connectivity index (χ1n) is 7.56. The zero-order valence-electron chi connectivity index (χ0n) is 12.6. The van der Waals surface area contributed by atoms with E-state index >= 15 is 0 Å². The van der Waals surface area contributed by atoms with Gasteiger partial charge < -0.3 is 9.47 Å². The number of ether oxygens (including phenoxy) is 2. The predicted octanol–water partition coefficient (Wildman–Crippen LogP) is 4.01. The Bertz CT molecular complexity index is 284. The molecule has 0 N–H and O–H groups in total. The SMILES string of the molecule is CCCCCCCC[C@H]1OC(C)(C)O[C@@H]1/C=C/C=O. The van der Waals surface area contributed by atoms with Crippen LogP contribution in [0.5, 0.6) is 0 Å². The molecule has 0 radical (unpaired) electrons. The molecule has 1 fully saturated rings. The van der Waals surface area contributed by atoms with E-state index in [4.69, 9.17) is 9.47 Å². The van der Waals surface area contributed by atoms with Gasteiger partial charge in [-0.3, -0.25) is 4.79 Å². The molecule has 0 spiro atoms. The van der Waals surface area contributed by atoms with Crippen molar-refractivity contribution in [1.82, 2.24) is 0 Å². The Morgan fingerprint density at radius 1 is 1.05 bits per heavy atom. The number of rotatable bonds is 9. The molecule has 3 heteroatoms. The number of hydrogen-bond acceptors (Lipinski definition) is 3. The molecule has 1 saturated heterocycles. The number of carbonyl (C=O) groups excluding carboxylic acids is 1. The van der Waals surface area contributed by atoms with Crippen molar-refractivity contribution < 1.29 is 14.3 Å². The Labute approximate surface area is 117 Å². The Kier molecular flexibility index (Phi) is 7.32. The van der Waals surface area contributed by atoms with Crippen molar-refractivity contribution in [2.75, 3.05) is 0 Å². The Hall–Kier alpha value is -0.670. The Morgan fingerprint density at radius 3 is 2.42 bits per heavy atom. The van der Waals surface area contributed by atoms with Crippen LogP contribution in [0.4, 0.5) is 0 Å². The van der Waals surface area contributed by atoms with Crippen LogP contribution in [0.3, 0.4) is 0 Å². The minimum Gasteiger partial charge on any atom is -0.344 e. The smallest absolute Gasteiger partial charge is 0.164 e. The average Bonchev–Trinajstić information content (AvgIpc) is 2.66. The zero-order valence-corrected chi connectivity index (χ0v) is 12.6. The van der Waals surface area contributed by atoms with Crippen molar-refractivity contribution >= 4 is 6.29 Å². The highest BCUT2D eigenvalue weighted by molar-refractivity contribution is 5.64. The molecule has 0 bridgehead atoms. The van der Waals surface area contributed by atoms with Crippen LogP contribution in [0.15, 0.2) is 12.2 Å². The third kappa shape index (κ3) is 6.35. The van der Waals surface area contributed by atoms with Crippen LogP contribution in [0.25, 0.3) is 0 Å². The van der Waals surface area contributed by atoms with Gasteiger partial charge in [0.25, 0.3) is 0 Å². The van der Waals surface area contributed by atoms with Crippen molar-refractivity contribution in [3.8, 4) is 0 Å². The molecule has 0 amide bonds. The summed E-state index contributed by atoms with van der Waals surface area (Å²) in [7, 11) is 0. The van der Waals surface area contributed by atoms with Gasteiger partial charge in [0.15, 0.2) is 5.79 Å². The van der Waals surface area contributed by atoms with Gasteiger partial charge in [-0.2, -0.15) is 0 Å². The maximum Gasteiger partial charge on any atom is 0.164 e. The summed E-state index contributed by atoms with van der Waals surface area (Å²) >= 11 is 0. The van der Waals surface area contributed by atoms with Crippen molar-refractivity contribution in [1.29, 1.82) is 0 Å². The third-order valence-corrected chi connectivity index (χ3v) is 3.44. The van der Waals surface area contributed by atoms with E-state index in [1.54, 1.807) is 0 Å². The fourth-order valence-corrected chi connectivity index (χ4v) is 2.53. The molecule has 110 valence electrons. The van der Waals surface area contributed by atoms with E-state index < -0.39 is 5.79 Å². The molecular formula is C16H28O3. The van der Waals surface area contributed by atoms with Crippen LogP contribution in [0, 0.1) is 0 Å². The number of hydrogen-bond donors (Lipinski definition) is 0. The van der Waals surface area contributed by atoms with Gasteiger partial charge in [0, 0.05) is 0 Å². The van der Waals surface area contributed by atoms with E-state index in [0.29, 0.717) is 0 Å². The summed E-state index contributed by atoms with van der Waals surface area (Å²) in [5.74, 6) is -0.537. The molecule has 1 aliphatic rings. The van der Waals surface area contributed by atoms with Gasteiger partial charge >= 0.3 is 0 Å². The summed E-state index contributed by atoms with van der Waals surface area (Å²) in [5.41, 5.74) is 0. The predicted molar refractivity (Wildman–Crippen MR) is 77.0 cm³/mol. The molecule has 2 atom stereocenters. The first-order chi connectivity index (χ1) is 9.09. The van der Waals surface area contributed by atoms with Gasteiger partial charge in [0.05, 0.1) is 6.10 Å². The summed E-state index contributed by atoms with van der Waals surface area (Å²) in [6.45, 7) is 6.09. The summed E-state index contributed by atoms with van der Waals surface area (Å²) in [5, 5.41) is 0. The topological polar surface area (TPSA) is 35.5 Å². The van der Waals surface area contributed by atoms with Gasteiger partial charge in [0.2, 0.25) is 0 Å². The second-order valence-electron chi connectivity index (χ2n) is 5.72. The molecule has 1 rings (SSSR count). The van der Waals surface area contributed by atoms with Crippen molar-refractivity contribution in [3.05, 3.63) is 12.2 Å². The van der Waals surface area contributed by atoms with Gasteiger partial charge in [-0.05, 0) is 32.4 Å². The molecule has 0 aromatic heterocycles. The molecule has 19 heavy (non-hydrogen) atoms. The van der Waals surface area contributed by atoms with Gasteiger partial charge in [0.1, 0.15) is 12.4 Å². The number of allylic oxidation sites excluding steroid dienone is 1. The second kappa shape index (κ2) is 8.49. The number of unbranched alkanes of at least 4 members (excludes halogenated alkanes) is 5. The van der Waals surface area contributed by atoms with E-state index in [9.17, 15) is 4.79 Å². The van der Waals surface area contributed by atoms with E-state index in [1.165, 1.54) is 44.6 Å². The van der Waals surface area contributed by atoms with Crippen LogP contribution >= 0.6 is 0 Å². The summed E-state index contributed by atoms with van der Waals surface area (Å²) in [6, 6.07) is 0. The molecular weight excluding hydrogens is 240 g/mol. The third-order valence-electron chi connectivity index (χ3n) is 3.44. The largest absolute Gasteiger partial charge is 0.344 e. The van der Waals surface area contributed by atoms with Gasteiger partial charge in [-0.1, -0.05) is 45.4 Å². The molecule has 1 aliphatic heterocycles. The van der Waals surface area contributed by atoms with Crippen LogP contribution in [0.1, 0.15) is 65.7 Å². The fraction of sp³-hybridized carbons (Fsp3) is 0.812. The minimum atomic E-state index is -0.537. The first kappa shape index (κ1) is 16.4. The molecule has 1 heterocycles. The van der Waals surface area contributed by atoms with E-state index in [1.807, 2.05) is 19.9 Å². The van der Waals surface area contributed by atoms with E-state index in [2.05, 4.69) is 6.92 Å². The van der Waals surface area contributed by atoms with Crippen molar-refractivity contribution in [3.63, 3.8) is 0 Å². The summed E-state index contributed by atoms with van der Waals surface area (Å²) in [4.78, 5) is 10.4. The highest BCUT2D eigenvalue weighted by atomic mass is 16.7. The highest BCUT2D eigenvalue weighted by Crippen LogP contribution is 2.31. The molecule has 0 aromatic rings. The van der Waals surface area contributed by atoms with Crippen LogP contribution < -0.4 is 0 Å². The lowest BCUT2D eigenvalue weighted by atomic mass is 10.0. The molecule has 3 nitrogen and oxygen atoms in total. The monoisotopic (exact) mass is 268 g/mol. The van der Waals surface area contributed by atoms with E-state index in [0.717, 1.165) is 12.7 Å². The van der Waals surface area contributed by atoms with E-state index in [-0.39, 0.29) is 12.2 Å². The summed E-state index contributed by atoms with van der Waals surface area (Å²) < 4.78 is 11.7. The normalized spacial score (nSPS) is 26.1. The van der Waals surface area contributed by atoms with Gasteiger partial charge in [-0.25, -0.2) is 0 Å². The second-order valence-corrected chi connectivity index (χ2v) is 5.72. The quantitative estimate of drug-likeness (QED) is 0.360. The Morgan fingerprint density at radius 2 is 1.74 bits per heavy atom. The maximum atomic E-state index is 10.4.